The van der Waals surface area contributed by atoms with Gasteiger partial charge in [0.15, 0.2) is 0 Å². The minimum absolute atomic E-state index is 0.0157. The number of methoxy groups -OCH3 is 1. The lowest BCUT2D eigenvalue weighted by Crippen LogP contribution is -2.42. The van der Waals surface area contributed by atoms with E-state index in [-0.39, 0.29) is 18.4 Å². The first-order valence-corrected chi connectivity index (χ1v) is 14.9. The summed E-state index contributed by atoms with van der Waals surface area (Å²) >= 11 is 2.13. The van der Waals surface area contributed by atoms with Crippen LogP contribution in [0, 0.1) is 11.8 Å². The summed E-state index contributed by atoms with van der Waals surface area (Å²) in [5, 5.41) is 11.5. The van der Waals surface area contributed by atoms with Crippen LogP contribution in [0.3, 0.4) is 0 Å². The minimum atomic E-state index is -0.688. The highest BCUT2D eigenvalue weighted by atomic mass is 32.2. The van der Waals surface area contributed by atoms with Crippen LogP contribution in [0.4, 0.5) is 0 Å². The molecule has 1 aliphatic carbocycles. The van der Waals surface area contributed by atoms with Gasteiger partial charge >= 0.3 is 5.97 Å². The Bertz CT molecular complexity index is 1000. The fourth-order valence-corrected chi connectivity index (χ4v) is 7.52. The third-order valence-corrected chi connectivity index (χ3v) is 9.53. The molecule has 1 aromatic carbocycles. The second-order valence-electron chi connectivity index (χ2n) is 10.6. The Labute approximate surface area is 225 Å². The lowest BCUT2D eigenvalue weighted by Gasteiger charge is -2.39. The summed E-state index contributed by atoms with van der Waals surface area (Å²) < 4.78 is 5.45. The molecule has 3 atom stereocenters. The van der Waals surface area contributed by atoms with Crippen molar-refractivity contribution >= 4 is 28.6 Å². The van der Waals surface area contributed by atoms with Crippen molar-refractivity contribution in [2.75, 3.05) is 39.6 Å². The predicted molar refractivity (Wildman–Crippen MR) is 150 cm³/mol. The molecule has 2 aliphatic rings. The number of fused-ring (bicyclic) bond motifs is 1. The molecule has 1 aliphatic heterocycles. The molecule has 4 rings (SSSR count). The number of thioether (sulfide) groups is 1. The number of aromatic nitrogens is 1. The lowest BCUT2D eigenvalue weighted by atomic mass is 9.79. The van der Waals surface area contributed by atoms with Crippen molar-refractivity contribution in [3.8, 4) is 5.75 Å². The topological polar surface area (TPSA) is 83.9 Å². The number of nitrogens with zero attached hydrogens (tertiary/aromatic N) is 2. The molecule has 204 valence electrons. The molecule has 2 fully saturated rings. The smallest absolute Gasteiger partial charge is 0.303 e. The average Bonchev–Trinajstić information content (AvgIpc) is 2.91. The van der Waals surface area contributed by atoms with Crippen LogP contribution in [-0.4, -0.2) is 65.8 Å². The number of carbonyl (C=O) groups is 1. The molecule has 8 heteroatoms. The number of hydrogen-bond donors (Lipinski definition) is 2. The van der Waals surface area contributed by atoms with Crippen LogP contribution in [0.25, 0.3) is 10.9 Å². The van der Waals surface area contributed by atoms with Gasteiger partial charge in [-0.1, -0.05) is 19.3 Å². The molecule has 2 N–H and O–H groups in total. The van der Waals surface area contributed by atoms with Crippen molar-refractivity contribution in [2.45, 2.75) is 69.1 Å². The monoisotopic (exact) mass is 529 g/mol. The molecule has 1 saturated carbocycles. The summed E-state index contributed by atoms with van der Waals surface area (Å²) in [6, 6.07) is 7.96. The van der Waals surface area contributed by atoms with Gasteiger partial charge in [-0.2, -0.15) is 17.2 Å². The third-order valence-electron chi connectivity index (χ3n) is 8.17. The van der Waals surface area contributed by atoms with Gasteiger partial charge < -0.3 is 19.6 Å². The fourth-order valence-electron chi connectivity index (χ4n) is 6.15. The van der Waals surface area contributed by atoms with Crippen molar-refractivity contribution < 1.29 is 19.5 Å². The van der Waals surface area contributed by atoms with E-state index in [0.29, 0.717) is 5.92 Å². The van der Waals surface area contributed by atoms with E-state index < -0.39 is 5.97 Å². The fraction of sp³-hybridized carbons (Fsp3) is 0.655. The molecule has 0 bridgehead atoms. The molecule has 1 unspecified atom stereocenters. The van der Waals surface area contributed by atoms with Crippen LogP contribution in [0.5, 0.6) is 5.75 Å². The molecule has 0 amide bonds. The Hall–Kier alpha value is -1.87. The van der Waals surface area contributed by atoms with Crippen molar-refractivity contribution in [1.29, 1.82) is 0 Å². The molecule has 1 saturated heterocycles. The zero-order valence-corrected chi connectivity index (χ0v) is 23.2. The molecule has 7 nitrogen and oxygen atoms in total. The van der Waals surface area contributed by atoms with Crippen LogP contribution in [-0.2, 0) is 9.63 Å². The molecule has 2 aromatic rings. The Morgan fingerprint density at radius 1 is 1.19 bits per heavy atom. The van der Waals surface area contributed by atoms with E-state index in [4.69, 9.17) is 9.57 Å². The number of piperidine rings is 1. The second-order valence-corrected chi connectivity index (χ2v) is 12.0. The normalized spacial score (nSPS) is 22.2. The highest BCUT2D eigenvalue weighted by Gasteiger charge is 2.31. The molecule has 1 aromatic heterocycles. The number of pyridine rings is 1. The summed E-state index contributed by atoms with van der Waals surface area (Å²) in [4.78, 5) is 24.2. The van der Waals surface area contributed by atoms with Crippen molar-refractivity contribution in [3.63, 3.8) is 0 Å². The quantitative estimate of drug-likeness (QED) is 0.320. The van der Waals surface area contributed by atoms with Crippen LogP contribution in [0.1, 0.15) is 69.4 Å². The SMILES string of the molecule is CONC(CC[C@@H]1CCN(CCSC2CCCCC2)C[C@@H]1CC(=O)O)c1ccnc2ccc(OC)cc12. The summed E-state index contributed by atoms with van der Waals surface area (Å²) in [5.74, 6) is 1.85. The number of ether oxygens (including phenoxy) is 1. The molecule has 37 heavy (non-hydrogen) atoms. The number of carboxylic acid groups (broad SMARTS) is 1. The first-order chi connectivity index (χ1) is 18.1. The van der Waals surface area contributed by atoms with E-state index in [2.05, 4.69) is 27.1 Å². The third kappa shape index (κ3) is 8.06. The summed E-state index contributed by atoms with van der Waals surface area (Å²) in [5.41, 5.74) is 5.24. The zero-order valence-electron chi connectivity index (χ0n) is 22.4. The maximum atomic E-state index is 11.7. The Morgan fingerprint density at radius 2 is 2.03 bits per heavy atom. The first-order valence-electron chi connectivity index (χ1n) is 13.8. The van der Waals surface area contributed by atoms with Gasteiger partial charge in [0, 0.05) is 42.1 Å². The number of hydrogen-bond acceptors (Lipinski definition) is 7. The predicted octanol–water partition coefficient (Wildman–Crippen LogP) is 5.69. The Balaban J connectivity index is 1.37. The average molecular weight is 530 g/mol. The zero-order chi connectivity index (χ0) is 26.0. The van der Waals surface area contributed by atoms with Crippen molar-refractivity contribution in [3.05, 3.63) is 36.0 Å². The van der Waals surface area contributed by atoms with E-state index in [1.165, 1.54) is 32.1 Å². The van der Waals surface area contributed by atoms with Gasteiger partial charge in [0.2, 0.25) is 0 Å². The van der Waals surface area contributed by atoms with E-state index in [0.717, 1.165) is 72.1 Å². The standard InChI is InChI=1S/C29H43N3O4S/c1-35-23-9-11-27-26(19-23)25(12-14-30-27)28(31-36-2)10-8-21-13-15-32(20-22(21)18-29(33)34)16-17-37-24-6-4-3-5-7-24/h9,11-12,14,19,21-22,24,28,31H,3-8,10,13,15-18,20H2,1-2H3,(H,33,34)/t21-,22+,28?/m1/s1. The number of aliphatic carboxylic acids is 1. The van der Waals surface area contributed by atoms with Gasteiger partial charge in [-0.05, 0) is 80.3 Å². The summed E-state index contributed by atoms with van der Waals surface area (Å²) in [6.45, 7) is 3.02. The highest BCUT2D eigenvalue weighted by Crippen LogP contribution is 2.35. The number of hydroxylamine groups is 1. The molecule has 0 radical (unpaired) electrons. The van der Waals surface area contributed by atoms with Crippen LogP contribution < -0.4 is 10.2 Å². The van der Waals surface area contributed by atoms with Crippen LogP contribution >= 0.6 is 11.8 Å². The number of nitrogens with one attached hydrogen (secondary N) is 1. The Morgan fingerprint density at radius 3 is 2.78 bits per heavy atom. The van der Waals surface area contributed by atoms with E-state index in [9.17, 15) is 9.90 Å². The molecule has 2 heterocycles. The maximum absolute atomic E-state index is 11.7. The first kappa shape index (κ1) is 28.1. The summed E-state index contributed by atoms with van der Waals surface area (Å²) in [7, 11) is 3.32. The van der Waals surface area contributed by atoms with Crippen LogP contribution in [0.15, 0.2) is 30.5 Å². The molecular formula is C29H43N3O4S. The van der Waals surface area contributed by atoms with Crippen molar-refractivity contribution in [1.82, 2.24) is 15.4 Å². The van der Waals surface area contributed by atoms with Gasteiger partial charge in [0.1, 0.15) is 5.75 Å². The van der Waals surface area contributed by atoms with E-state index in [1.807, 2.05) is 30.5 Å². The largest absolute Gasteiger partial charge is 0.497 e. The number of benzene rings is 1. The molecular weight excluding hydrogens is 486 g/mol. The Kier molecular flexibility index (Phi) is 10.9. The minimum Gasteiger partial charge on any atom is -0.497 e. The van der Waals surface area contributed by atoms with E-state index >= 15 is 0 Å². The van der Waals surface area contributed by atoms with Gasteiger partial charge in [-0.25, -0.2) is 0 Å². The van der Waals surface area contributed by atoms with E-state index in [1.54, 1.807) is 14.2 Å². The number of carboxylic acids is 1. The van der Waals surface area contributed by atoms with Crippen molar-refractivity contribution in [2.24, 2.45) is 11.8 Å². The van der Waals surface area contributed by atoms with Gasteiger partial charge in [0.25, 0.3) is 0 Å². The van der Waals surface area contributed by atoms with Crippen LogP contribution in [0.2, 0.25) is 0 Å². The van der Waals surface area contributed by atoms with Gasteiger partial charge in [0.05, 0.1) is 25.8 Å². The lowest BCUT2D eigenvalue weighted by molar-refractivity contribution is -0.139. The van der Waals surface area contributed by atoms with Gasteiger partial charge in [-0.15, -0.1) is 0 Å². The maximum Gasteiger partial charge on any atom is 0.303 e. The molecule has 0 spiro atoms. The number of rotatable bonds is 13. The van der Waals surface area contributed by atoms with Gasteiger partial charge in [-0.3, -0.25) is 9.78 Å². The highest BCUT2D eigenvalue weighted by molar-refractivity contribution is 7.99. The number of likely N-dealkylation sites (tertiary alicyclic amines) is 1. The summed E-state index contributed by atoms with van der Waals surface area (Å²) in [6.07, 6.45) is 11.8. The second kappa shape index (κ2) is 14.3.